The minimum absolute atomic E-state index is 0.244. The van der Waals surface area contributed by atoms with Crippen molar-refractivity contribution in [2.75, 3.05) is 12.4 Å². The van der Waals surface area contributed by atoms with Crippen molar-refractivity contribution >= 4 is 11.6 Å². The molecule has 2 fully saturated rings. The third-order valence-electron chi connectivity index (χ3n) is 5.60. The summed E-state index contributed by atoms with van der Waals surface area (Å²) in [7, 11) is 1.90. The van der Waals surface area contributed by atoms with E-state index in [0.717, 1.165) is 11.3 Å². The monoisotopic (exact) mass is 314 g/mol. The van der Waals surface area contributed by atoms with Gasteiger partial charge in [-0.1, -0.05) is 50.7 Å². The summed E-state index contributed by atoms with van der Waals surface area (Å²) in [6, 6.07) is 8.86. The molecule has 0 radical (unpaired) electrons. The predicted molar refractivity (Wildman–Crippen MR) is 95.9 cm³/mol. The second-order valence-corrected chi connectivity index (χ2v) is 7.09. The number of carbonyl (C=O) groups excluding carboxylic acids is 1. The summed E-state index contributed by atoms with van der Waals surface area (Å²) in [5.41, 5.74) is 1.79. The Morgan fingerprint density at radius 3 is 1.96 bits per heavy atom. The fraction of sp³-hybridized carbons (Fsp3) is 0.650. The largest absolute Gasteiger partial charge is 0.387 e. The molecule has 2 aliphatic rings. The van der Waals surface area contributed by atoms with Gasteiger partial charge in [0.15, 0.2) is 0 Å². The van der Waals surface area contributed by atoms with E-state index in [1.165, 1.54) is 64.2 Å². The summed E-state index contributed by atoms with van der Waals surface area (Å²) in [6.07, 6.45) is 12.5. The van der Waals surface area contributed by atoms with Crippen LogP contribution in [0, 0.1) is 0 Å². The molecule has 1 aromatic carbocycles. The van der Waals surface area contributed by atoms with Gasteiger partial charge in [0.2, 0.25) is 0 Å². The highest BCUT2D eigenvalue weighted by Gasteiger charge is 2.33. The summed E-state index contributed by atoms with van der Waals surface area (Å²) >= 11 is 0. The molecule has 0 atom stereocenters. The quantitative estimate of drug-likeness (QED) is 0.863. The summed E-state index contributed by atoms with van der Waals surface area (Å²) < 4.78 is 0. The van der Waals surface area contributed by atoms with Gasteiger partial charge in [0.25, 0.3) is 5.91 Å². The number of para-hydroxylation sites is 1. The maximum absolute atomic E-state index is 13.4. The Bertz CT molecular complexity index is 498. The first-order valence-electron chi connectivity index (χ1n) is 9.40. The highest BCUT2D eigenvalue weighted by Crippen LogP contribution is 2.32. The number of rotatable bonds is 4. The van der Waals surface area contributed by atoms with Gasteiger partial charge in [0.1, 0.15) is 0 Å². The number of benzene rings is 1. The lowest BCUT2D eigenvalue weighted by molar-refractivity contribution is 0.0449. The molecule has 2 aliphatic carbocycles. The molecule has 0 aromatic heterocycles. The van der Waals surface area contributed by atoms with Gasteiger partial charge in [-0.3, -0.25) is 4.79 Å². The number of nitrogens with zero attached hydrogens (tertiary/aromatic N) is 1. The first-order chi connectivity index (χ1) is 11.3. The molecule has 0 bridgehead atoms. The summed E-state index contributed by atoms with van der Waals surface area (Å²) in [4.78, 5) is 15.7. The number of hydrogen-bond acceptors (Lipinski definition) is 2. The molecule has 126 valence electrons. The van der Waals surface area contributed by atoms with Crippen molar-refractivity contribution in [1.29, 1.82) is 0 Å². The van der Waals surface area contributed by atoms with Gasteiger partial charge < -0.3 is 10.2 Å². The molecule has 3 rings (SSSR count). The van der Waals surface area contributed by atoms with E-state index in [4.69, 9.17) is 0 Å². The van der Waals surface area contributed by atoms with Crippen molar-refractivity contribution in [3.8, 4) is 0 Å². The Labute approximate surface area is 140 Å². The van der Waals surface area contributed by atoms with Crippen LogP contribution in [-0.4, -0.2) is 29.9 Å². The smallest absolute Gasteiger partial charge is 0.256 e. The van der Waals surface area contributed by atoms with Crippen LogP contribution in [0.5, 0.6) is 0 Å². The van der Waals surface area contributed by atoms with Crippen LogP contribution < -0.4 is 5.32 Å². The first kappa shape index (κ1) is 16.4. The molecule has 0 heterocycles. The summed E-state index contributed by atoms with van der Waals surface area (Å²) in [5.74, 6) is 0.244. The molecular weight excluding hydrogens is 284 g/mol. The van der Waals surface area contributed by atoms with Crippen molar-refractivity contribution in [3.63, 3.8) is 0 Å². The Kier molecular flexibility index (Phi) is 5.58. The molecule has 0 aliphatic heterocycles. The van der Waals surface area contributed by atoms with Crippen LogP contribution in [0.4, 0.5) is 5.69 Å². The lowest BCUT2D eigenvalue weighted by Gasteiger charge is -2.42. The minimum Gasteiger partial charge on any atom is -0.387 e. The zero-order valence-corrected chi connectivity index (χ0v) is 14.4. The van der Waals surface area contributed by atoms with Gasteiger partial charge >= 0.3 is 0 Å². The lowest BCUT2D eigenvalue weighted by Crippen LogP contribution is -2.48. The van der Waals surface area contributed by atoms with Crippen LogP contribution in [0.2, 0.25) is 0 Å². The van der Waals surface area contributed by atoms with Gasteiger partial charge in [-0.2, -0.15) is 0 Å². The molecule has 0 spiro atoms. The molecule has 23 heavy (non-hydrogen) atoms. The fourth-order valence-electron chi connectivity index (χ4n) is 4.37. The van der Waals surface area contributed by atoms with E-state index in [2.05, 4.69) is 10.2 Å². The van der Waals surface area contributed by atoms with E-state index in [-0.39, 0.29) is 5.91 Å². The minimum atomic E-state index is 0.244. The second kappa shape index (κ2) is 7.85. The number of carbonyl (C=O) groups is 1. The van der Waals surface area contributed by atoms with Crippen LogP contribution in [0.25, 0.3) is 0 Å². The SMILES string of the molecule is CNc1ccccc1C(=O)N(C1CCCCC1)C1CCCCC1. The average molecular weight is 314 g/mol. The Balaban J connectivity index is 1.88. The van der Waals surface area contributed by atoms with Crippen molar-refractivity contribution < 1.29 is 4.79 Å². The van der Waals surface area contributed by atoms with Crippen molar-refractivity contribution in [3.05, 3.63) is 29.8 Å². The topological polar surface area (TPSA) is 32.3 Å². The van der Waals surface area contributed by atoms with E-state index in [9.17, 15) is 4.79 Å². The zero-order valence-electron chi connectivity index (χ0n) is 14.4. The maximum atomic E-state index is 13.4. The van der Waals surface area contributed by atoms with Crippen LogP contribution in [0.3, 0.4) is 0 Å². The second-order valence-electron chi connectivity index (χ2n) is 7.09. The van der Waals surface area contributed by atoms with Crippen LogP contribution >= 0.6 is 0 Å². The first-order valence-corrected chi connectivity index (χ1v) is 9.40. The van der Waals surface area contributed by atoms with Crippen LogP contribution in [-0.2, 0) is 0 Å². The highest BCUT2D eigenvalue weighted by atomic mass is 16.2. The zero-order chi connectivity index (χ0) is 16.1. The van der Waals surface area contributed by atoms with Gasteiger partial charge in [-0.15, -0.1) is 0 Å². The molecule has 0 saturated heterocycles. The lowest BCUT2D eigenvalue weighted by atomic mass is 9.88. The Hall–Kier alpha value is -1.51. The number of anilines is 1. The maximum Gasteiger partial charge on any atom is 0.256 e. The number of nitrogens with one attached hydrogen (secondary N) is 1. The van der Waals surface area contributed by atoms with Gasteiger partial charge in [-0.25, -0.2) is 0 Å². The highest BCUT2D eigenvalue weighted by molar-refractivity contribution is 6.00. The molecular formula is C20H30N2O. The van der Waals surface area contributed by atoms with E-state index in [1.807, 2.05) is 31.3 Å². The Morgan fingerprint density at radius 1 is 0.913 bits per heavy atom. The van der Waals surface area contributed by atoms with Crippen LogP contribution in [0.15, 0.2) is 24.3 Å². The normalized spacial score (nSPS) is 20.2. The fourth-order valence-corrected chi connectivity index (χ4v) is 4.37. The van der Waals surface area contributed by atoms with Gasteiger partial charge in [-0.05, 0) is 37.8 Å². The molecule has 2 saturated carbocycles. The van der Waals surface area contributed by atoms with E-state index < -0.39 is 0 Å². The molecule has 3 heteroatoms. The van der Waals surface area contributed by atoms with E-state index in [0.29, 0.717) is 12.1 Å². The summed E-state index contributed by atoms with van der Waals surface area (Å²) in [5, 5.41) is 3.19. The predicted octanol–water partition coefficient (Wildman–Crippen LogP) is 4.84. The van der Waals surface area contributed by atoms with Gasteiger partial charge in [0, 0.05) is 24.8 Å². The van der Waals surface area contributed by atoms with Crippen molar-refractivity contribution in [2.45, 2.75) is 76.3 Å². The van der Waals surface area contributed by atoms with Crippen molar-refractivity contribution in [1.82, 2.24) is 4.90 Å². The van der Waals surface area contributed by atoms with Crippen LogP contribution in [0.1, 0.15) is 74.6 Å². The third-order valence-corrected chi connectivity index (χ3v) is 5.60. The average Bonchev–Trinajstić information content (AvgIpc) is 2.63. The van der Waals surface area contributed by atoms with Gasteiger partial charge in [0.05, 0.1) is 5.56 Å². The standard InChI is InChI=1S/C20H30N2O/c1-21-19-15-9-8-14-18(19)20(23)22(16-10-4-2-5-11-16)17-12-6-3-7-13-17/h8-9,14-17,21H,2-7,10-13H2,1H3. The van der Waals surface area contributed by atoms with E-state index in [1.54, 1.807) is 0 Å². The van der Waals surface area contributed by atoms with E-state index >= 15 is 0 Å². The molecule has 1 N–H and O–H groups in total. The number of hydrogen-bond donors (Lipinski definition) is 1. The van der Waals surface area contributed by atoms with Crippen molar-refractivity contribution in [2.24, 2.45) is 0 Å². The Morgan fingerprint density at radius 2 is 1.43 bits per heavy atom. The molecule has 3 nitrogen and oxygen atoms in total. The third kappa shape index (κ3) is 3.70. The molecule has 0 unspecified atom stereocenters. The molecule has 1 amide bonds. The summed E-state index contributed by atoms with van der Waals surface area (Å²) in [6.45, 7) is 0. The molecule has 1 aromatic rings. The number of amides is 1.